The van der Waals surface area contributed by atoms with E-state index in [1.807, 2.05) is 44.2 Å². The maximum absolute atomic E-state index is 11.5. The summed E-state index contributed by atoms with van der Waals surface area (Å²) in [5.41, 5.74) is 0.958. The summed E-state index contributed by atoms with van der Waals surface area (Å²) in [5, 5.41) is 2.67. The number of carbonyl (C=O) groups excluding carboxylic acids is 1. The first kappa shape index (κ1) is 13.8. The van der Waals surface area contributed by atoms with E-state index in [4.69, 9.17) is 14.2 Å². The van der Waals surface area contributed by atoms with Gasteiger partial charge in [0.1, 0.15) is 12.7 Å². The van der Waals surface area contributed by atoms with Crippen LogP contribution in [0.1, 0.15) is 19.4 Å². The van der Waals surface area contributed by atoms with Gasteiger partial charge < -0.3 is 19.5 Å². The van der Waals surface area contributed by atoms with Crippen molar-refractivity contribution in [3.63, 3.8) is 0 Å². The zero-order valence-electron chi connectivity index (χ0n) is 11.2. The summed E-state index contributed by atoms with van der Waals surface area (Å²) in [7, 11) is 0. The third-order valence-corrected chi connectivity index (χ3v) is 2.75. The highest BCUT2D eigenvalue weighted by atomic mass is 16.7. The summed E-state index contributed by atoms with van der Waals surface area (Å²) in [6.45, 7) is 4.82. The minimum atomic E-state index is -0.569. The normalized spacial score (nSPS) is 21.1. The molecule has 1 unspecified atom stereocenters. The highest BCUT2D eigenvalue weighted by molar-refractivity contribution is 5.67. The molecule has 0 spiro atoms. The van der Waals surface area contributed by atoms with E-state index in [9.17, 15) is 4.79 Å². The Morgan fingerprint density at radius 1 is 1.42 bits per heavy atom. The molecule has 1 heterocycles. The molecular weight excluding hydrogens is 246 g/mol. The Morgan fingerprint density at radius 3 is 2.79 bits per heavy atom. The van der Waals surface area contributed by atoms with E-state index in [1.54, 1.807) is 0 Å². The molecule has 1 aromatic rings. The van der Waals surface area contributed by atoms with Gasteiger partial charge in [-0.3, -0.25) is 0 Å². The average molecular weight is 265 g/mol. The van der Waals surface area contributed by atoms with E-state index in [0.717, 1.165) is 5.56 Å². The number of hydrogen-bond acceptors (Lipinski definition) is 4. The highest BCUT2D eigenvalue weighted by Gasteiger charge is 2.32. The van der Waals surface area contributed by atoms with Crippen LogP contribution in [0.5, 0.6) is 0 Å². The van der Waals surface area contributed by atoms with E-state index < -0.39 is 11.9 Å². The Hall–Kier alpha value is -1.59. The fourth-order valence-corrected chi connectivity index (χ4v) is 1.83. The number of ether oxygens (including phenoxy) is 3. The first-order valence-corrected chi connectivity index (χ1v) is 6.31. The van der Waals surface area contributed by atoms with Crippen LogP contribution in [0.2, 0.25) is 0 Å². The molecule has 1 amide bonds. The van der Waals surface area contributed by atoms with Crippen LogP contribution in [-0.2, 0) is 20.8 Å². The molecule has 2 rings (SSSR count). The molecule has 0 aliphatic carbocycles. The molecule has 1 fully saturated rings. The van der Waals surface area contributed by atoms with Crippen LogP contribution < -0.4 is 5.32 Å². The van der Waals surface area contributed by atoms with Crippen molar-refractivity contribution in [1.29, 1.82) is 0 Å². The number of carbonyl (C=O) groups is 1. The number of rotatable bonds is 4. The van der Waals surface area contributed by atoms with Crippen molar-refractivity contribution in [2.45, 2.75) is 32.3 Å². The van der Waals surface area contributed by atoms with Gasteiger partial charge in [0.15, 0.2) is 5.79 Å². The van der Waals surface area contributed by atoms with Crippen molar-refractivity contribution >= 4 is 6.09 Å². The van der Waals surface area contributed by atoms with E-state index >= 15 is 0 Å². The average Bonchev–Trinajstić information content (AvgIpc) is 2.75. The molecule has 0 saturated carbocycles. The lowest BCUT2D eigenvalue weighted by Crippen LogP contribution is -2.34. The van der Waals surface area contributed by atoms with Crippen molar-refractivity contribution in [3.05, 3.63) is 35.9 Å². The summed E-state index contributed by atoms with van der Waals surface area (Å²) in [5.74, 6) is -0.569. The van der Waals surface area contributed by atoms with Crippen molar-refractivity contribution < 1.29 is 19.0 Å². The Kier molecular flexibility index (Phi) is 4.39. The molecule has 1 aromatic carbocycles. The predicted octanol–water partition coefficient (Wildman–Crippen LogP) is 2.06. The molecular formula is C14H19NO4. The van der Waals surface area contributed by atoms with Gasteiger partial charge in [-0.1, -0.05) is 30.3 Å². The van der Waals surface area contributed by atoms with Crippen LogP contribution in [0.3, 0.4) is 0 Å². The van der Waals surface area contributed by atoms with Crippen LogP contribution in [-0.4, -0.2) is 31.1 Å². The van der Waals surface area contributed by atoms with Gasteiger partial charge in [0.05, 0.1) is 6.61 Å². The fourth-order valence-electron chi connectivity index (χ4n) is 1.83. The molecule has 1 saturated heterocycles. The standard InChI is InChI=1S/C14H19NO4/c1-14(2)18-10-12(19-14)8-15-13(16)17-9-11-6-4-3-5-7-11/h3-7,12H,8-10H2,1-2H3,(H,15,16). The van der Waals surface area contributed by atoms with Gasteiger partial charge in [-0.15, -0.1) is 0 Å². The Balaban J connectivity index is 1.65. The molecule has 0 radical (unpaired) electrons. The quantitative estimate of drug-likeness (QED) is 0.905. The highest BCUT2D eigenvalue weighted by Crippen LogP contribution is 2.21. The number of nitrogens with one attached hydrogen (secondary N) is 1. The van der Waals surface area contributed by atoms with Crippen LogP contribution in [0.15, 0.2) is 30.3 Å². The molecule has 1 atom stereocenters. The van der Waals surface area contributed by atoms with Gasteiger partial charge in [-0.05, 0) is 19.4 Å². The maximum atomic E-state index is 11.5. The zero-order valence-corrected chi connectivity index (χ0v) is 11.2. The molecule has 1 aliphatic heterocycles. The second-order valence-electron chi connectivity index (χ2n) is 4.89. The van der Waals surface area contributed by atoms with E-state index in [2.05, 4.69) is 5.32 Å². The zero-order chi connectivity index (χ0) is 13.7. The lowest BCUT2D eigenvalue weighted by molar-refractivity contribution is -0.137. The summed E-state index contributed by atoms with van der Waals surface area (Å²) in [6, 6.07) is 9.54. The Bertz CT molecular complexity index is 419. The van der Waals surface area contributed by atoms with Crippen molar-refractivity contribution in [3.8, 4) is 0 Å². The van der Waals surface area contributed by atoms with Crippen LogP contribution in [0.25, 0.3) is 0 Å². The predicted molar refractivity (Wildman–Crippen MR) is 69.5 cm³/mol. The smallest absolute Gasteiger partial charge is 0.407 e. The van der Waals surface area contributed by atoms with E-state index in [0.29, 0.717) is 13.2 Å². The summed E-state index contributed by atoms with van der Waals surface area (Å²) >= 11 is 0. The molecule has 1 aliphatic rings. The van der Waals surface area contributed by atoms with Crippen LogP contribution in [0.4, 0.5) is 4.79 Å². The van der Waals surface area contributed by atoms with Crippen molar-refractivity contribution in [2.75, 3.05) is 13.2 Å². The fraction of sp³-hybridized carbons (Fsp3) is 0.500. The summed E-state index contributed by atoms with van der Waals surface area (Å²) < 4.78 is 16.1. The van der Waals surface area contributed by atoms with Crippen LogP contribution >= 0.6 is 0 Å². The third-order valence-electron chi connectivity index (χ3n) is 2.75. The first-order chi connectivity index (χ1) is 9.05. The topological polar surface area (TPSA) is 56.8 Å². The van der Waals surface area contributed by atoms with Gasteiger partial charge >= 0.3 is 6.09 Å². The molecule has 0 aromatic heterocycles. The van der Waals surface area contributed by atoms with Gasteiger partial charge in [-0.2, -0.15) is 0 Å². The molecule has 5 heteroatoms. The van der Waals surface area contributed by atoms with E-state index in [1.165, 1.54) is 0 Å². The Morgan fingerprint density at radius 2 is 2.16 bits per heavy atom. The van der Waals surface area contributed by atoms with Crippen molar-refractivity contribution in [2.24, 2.45) is 0 Å². The minimum absolute atomic E-state index is 0.126. The minimum Gasteiger partial charge on any atom is -0.445 e. The third kappa shape index (κ3) is 4.54. The van der Waals surface area contributed by atoms with Crippen LogP contribution in [0, 0.1) is 0 Å². The lowest BCUT2D eigenvalue weighted by atomic mass is 10.2. The second kappa shape index (κ2) is 6.04. The molecule has 0 bridgehead atoms. The second-order valence-corrected chi connectivity index (χ2v) is 4.89. The van der Waals surface area contributed by atoms with Gasteiger partial charge in [-0.25, -0.2) is 4.79 Å². The van der Waals surface area contributed by atoms with Crippen molar-refractivity contribution in [1.82, 2.24) is 5.32 Å². The lowest BCUT2D eigenvalue weighted by Gasteiger charge is -2.17. The Labute approximate surface area is 112 Å². The first-order valence-electron chi connectivity index (χ1n) is 6.31. The van der Waals surface area contributed by atoms with Gasteiger partial charge in [0.25, 0.3) is 0 Å². The SMILES string of the molecule is CC1(C)OCC(CNC(=O)OCc2ccccc2)O1. The molecule has 1 N–H and O–H groups in total. The van der Waals surface area contributed by atoms with Gasteiger partial charge in [0, 0.05) is 6.54 Å². The molecule has 5 nitrogen and oxygen atoms in total. The summed E-state index contributed by atoms with van der Waals surface area (Å²) in [6.07, 6.45) is -0.573. The molecule has 104 valence electrons. The largest absolute Gasteiger partial charge is 0.445 e. The number of alkyl carbamates (subject to hydrolysis) is 1. The number of amides is 1. The maximum Gasteiger partial charge on any atom is 0.407 e. The number of benzene rings is 1. The van der Waals surface area contributed by atoms with E-state index in [-0.39, 0.29) is 12.7 Å². The number of hydrogen-bond donors (Lipinski definition) is 1. The molecule has 19 heavy (non-hydrogen) atoms. The monoisotopic (exact) mass is 265 g/mol. The van der Waals surface area contributed by atoms with Gasteiger partial charge in [0.2, 0.25) is 0 Å². The summed E-state index contributed by atoms with van der Waals surface area (Å²) in [4.78, 5) is 11.5.